The molecule has 2 N–H and O–H groups in total. The van der Waals surface area contributed by atoms with Crippen molar-refractivity contribution in [2.24, 2.45) is 4.99 Å². The number of imidazole rings is 1. The van der Waals surface area contributed by atoms with Crippen LogP contribution in [0.2, 0.25) is 0 Å². The number of carbonyl (C=O) groups excluding carboxylic acids is 2. The number of urea groups is 1. The van der Waals surface area contributed by atoms with Crippen molar-refractivity contribution in [2.75, 3.05) is 18.4 Å². The molecule has 35 heavy (non-hydrogen) atoms. The summed E-state index contributed by atoms with van der Waals surface area (Å²) in [5, 5.41) is 10.1. The van der Waals surface area contributed by atoms with E-state index in [2.05, 4.69) is 46.6 Å². The molecule has 2 aromatic carbocycles. The van der Waals surface area contributed by atoms with Crippen LogP contribution >= 0.6 is 15.9 Å². The van der Waals surface area contributed by atoms with Crippen molar-refractivity contribution in [3.63, 3.8) is 0 Å². The molecular weight excluding hydrogens is 517 g/mol. The Morgan fingerprint density at radius 2 is 1.97 bits per heavy atom. The molecule has 2 amide bonds. The molecule has 4 rings (SSSR count). The van der Waals surface area contributed by atoms with Crippen molar-refractivity contribution in [3.8, 4) is 11.3 Å². The molecule has 2 aromatic heterocycles. The van der Waals surface area contributed by atoms with Gasteiger partial charge < -0.3 is 10.6 Å². The number of fused-ring (bicyclic) bond motifs is 1. The second kappa shape index (κ2) is 12.5. The van der Waals surface area contributed by atoms with Crippen LogP contribution in [-0.4, -0.2) is 44.8 Å². The van der Waals surface area contributed by atoms with Crippen LogP contribution in [0, 0.1) is 5.82 Å². The third-order valence-corrected chi connectivity index (χ3v) is 5.29. The Balaban J connectivity index is 0.000000623. The van der Waals surface area contributed by atoms with Crippen molar-refractivity contribution in [2.45, 2.75) is 20.3 Å². The number of hydrogen-bond donors (Lipinski definition) is 2. The van der Waals surface area contributed by atoms with Gasteiger partial charge >= 0.3 is 6.03 Å². The average Bonchev–Trinajstić information content (AvgIpc) is 3.24. The number of benzene rings is 2. The number of aliphatic imine (C=N–C) groups is 1. The normalized spacial score (nSPS) is 10.2. The Morgan fingerprint density at radius 1 is 1.17 bits per heavy atom. The Hall–Kier alpha value is -3.95. The van der Waals surface area contributed by atoms with Gasteiger partial charge in [-0.05, 0) is 59.6 Å². The molecule has 0 aliphatic heterocycles. The van der Waals surface area contributed by atoms with E-state index in [1.54, 1.807) is 36.0 Å². The van der Waals surface area contributed by atoms with Crippen molar-refractivity contribution in [1.82, 2.24) is 24.9 Å². The summed E-state index contributed by atoms with van der Waals surface area (Å²) in [7, 11) is 0. The standard InChI is InChI=1S/C21H18BrFN6O.C3H5NO/c1-2-24-21(30)27-15-5-3-4-13(8-15)9-16-11-25-20-26-12-19(28-29(16)20)14-6-7-17(22)18(23)10-14;1-2-4-3-5/h3-8,10-12H,2,9H2,1H3,(H2,24,27,30);2H2,1H3. The van der Waals surface area contributed by atoms with Crippen LogP contribution in [-0.2, 0) is 11.2 Å². The fraction of sp³-hybridized carbons (Fsp3) is 0.208. The zero-order valence-electron chi connectivity index (χ0n) is 19.1. The largest absolute Gasteiger partial charge is 0.338 e. The van der Waals surface area contributed by atoms with Gasteiger partial charge in [0, 0.05) is 30.8 Å². The molecule has 0 unspecified atom stereocenters. The fourth-order valence-corrected chi connectivity index (χ4v) is 3.34. The second-order valence-electron chi connectivity index (χ2n) is 7.16. The first-order chi connectivity index (χ1) is 16.9. The van der Waals surface area contributed by atoms with Gasteiger partial charge in [0.05, 0.1) is 22.6 Å². The molecular formula is C24H23BrFN7O2. The number of nitrogens with zero attached hydrogens (tertiary/aromatic N) is 5. The van der Waals surface area contributed by atoms with E-state index in [1.807, 2.05) is 31.2 Å². The van der Waals surface area contributed by atoms with Gasteiger partial charge in [-0.25, -0.2) is 33.5 Å². The highest BCUT2D eigenvalue weighted by Crippen LogP contribution is 2.23. The predicted molar refractivity (Wildman–Crippen MR) is 134 cm³/mol. The lowest BCUT2D eigenvalue weighted by Crippen LogP contribution is -2.28. The van der Waals surface area contributed by atoms with Crippen molar-refractivity contribution < 1.29 is 14.0 Å². The van der Waals surface area contributed by atoms with Gasteiger partial charge in [0.15, 0.2) is 0 Å². The van der Waals surface area contributed by atoms with E-state index >= 15 is 0 Å². The minimum absolute atomic E-state index is 0.248. The minimum Gasteiger partial charge on any atom is -0.338 e. The maximum atomic E-state index is 13.9. The van der Waals surface area contributed by atoms with Crippen LogP contribution in [0.15, 0.2) is 64.3 Å². The molecule has 0 saturated heterocycles. The summed E-state index contributed by atoms with van der Waals surface area (Å²) >= 11 is 3.16. The Kier molecular flexibility index (Phi) is 9.16. The number of rotatable bonds is 6. The van der Waals surface area contributed by atoms with E-state index in [0.717, 1.165) is 11.3 Å². The van der Waals surface area contributed by atoms with Gasteiger partial charge in [0.1, 0.15) is 11.5 Å². The van der Waals surface area contributed by atoms with E-state index in [-0.39, 0.29) is 11.8 Å². The van der Waals surface area contributed by atoms with Crippen LogP contribution < -0.4 is 10.6 Å². The lowest BCUT2D eigenvalue weighted by Gasteiger charge is -2.08. The molecule has 11 heteroatoms. The summed E-state index contributed by atoms with van der Waals surface area (Å²) in [5.41, 5.74) is 3.67. The SMILES string of the molecule is CCN=C=O.CCNC(=O)Nc1cccc(Cc2cnc3ncc(-c4ccc(Br)c(F)c4)nn23)c1. The number of carbonyl (C=O) groups is 1. The fourth-order valence-electron chi connectivity index (χ4n) is 3.10. The van der Waals surface area contributed by atoms with Crippen LogP contribution in [0.25, 0.3) is 17.0 Å². The van der Waals surface area contributed by atoms with Crippen molar-refractivity contribution in [3.05, 3.63) is 76.4 Å². The topological polar surface area (TPSA) is 114 Å². The number of aromatic nitrogens is 4. The third-order valence-electron chi connectivity index (χ3n) is 4.65. The molecule has 180 valence electrons. The van der Waals surface area contributed by atoms with E-state index in [1.165, 1.54) is 12.1 Å². The maximum Gasteiger partial charge on any atom is 0.319 e. The van der Waals surface area contributed by atoms with Gasteiger partial charge in [0.25, 0.3) is 5.78 Å². The zero-order chi connectivity index (χ0) is 25.2. The van der Waals surface area contributed by atoms with Crippen LogP contribution in [0.5, 0.6) is 0 Å². The third kappa shape index (κ3) is 7.02. The summed E-state index contributed by atoms with van der Waals surface area (Å²) < 4.78 is 16.0. The van der Waals surface area contributed by atoms with Gasteiger partial charge in [0.2, 0.25) is 6.08 Å². The summed E-state index contributed by atoms with van der Waals surface area (Å²) in [6.07, 6.45) is 5.22. The molecule has 0 aliphatic carbocycles. The Morgan fingerprint density at radius 3 is 2.66 bits per heavy atom. The first-order valence-corrected chi connectivity index (χ1v) is 11.6. The van der Waals surface area contributed by atoms with Crippen LogP contribution in [0.1, 0.15) is 25.1 Å². The zero-order valence-corrected chi connectivity index (χ0v) is 20.7. The Bertz CT molecular complexity index is 1370. The summed E-state index contributed by atoms with van der Waals surface area (Å²) in [6, 6.07) is 12.1. The molecule has 0 bridgehead atoms. The Labute approximate surface area is 209 Å². The molecule has 0 atom stereocenters. The van der Waals surface area contributed by atoms with Gasteiger partial charge in [-0.15, -0.1) is 0 Å². The summed E-state index contributed by atoms with van der Waals surface area (Å²) in [4.78, 5) is 32.7. The summed E-state index contributed by atoms with van der Waals surface area (Å²) in [6.45, 7) is 4.74. The van der Waals surface area contributed by atoms with E-state index < -0.39 is 0 Å². The first kappa shape index (κ1) is 25.7. The number of amides is 2. The predicted octanol–water partition coefficient (Wildman–Crippen LogP) is 4.77. The lowest BCUT2D eigenvalue weighted by molar-refractivity contribution is 0.252. The summed E-state index contributed by atoms with van der Waals surface area (Å²) in [5.74, 6) is 0.0969. The van der Waals surface area contributed by atoms with Gasteiger partial charge in [-0.3, -0.25) is 0 Å². The number of hydrogen-bond acceptors (Lipinski definition) is 6. The molecule has 0 aliphatic rings. The highest BCUT2D eigenvalue weighted by Gasteiger charge is 2.11. The van der Waals surface area contributed by atoms with Crippen LogP contribution in [0.3, 0.4) is 0 Å². The lowest BCUT2D eigenvalue weighted by atomic mass is 10.1. The van der Waals surface area contributed by atoms with Crippen LogP contribution in [0.4, 0.5) is 14.9 Å². The highest BCUT2D eigenvalue weighted by atomic mass is 79.9. The number of nitrogens with one attached hydrogen (secondary N) is 2. The van der Waals surface area contributed by atoms with Crippen molar-refractivity contribution in [1.29, 1.82) is 0 Å². The molecule has 2 heterocycles. The van der Waals surface area contributed by atoms with Crippen molar-refractivity contribution >= 4 is 39.5 Å². The van der Waals surface area contributed by atoms with Gasteiger partial charge in [-0.1, -0.05) is 18.2 Å². The second-order valence-corrected chi connectivity index (χ2v) is 8.02. The molecule has 0 saturated carbocycles. The number of halogens is 2. The number of anilines is 1. The minimum atomic E-state index is -0.364. The van der Waals surface area contributed by atoms with Gasteiger partial charge in [-0.2, -0.15) is 5.10 Å². The number of isocyanates is 1. The molecule has 0 fully saturated rings. The van der Waals surface area contributed by atoms with E-state index in [9.17, 15) is 9.18 Å². The molecule has 0 radical (unpaired) electrons. The average molecular weight is 540 g/mol. The monoisotopic (exact) mass is 539 g/mol. The molecule has 0 spiro atoms. The maximum absolute atomic E-state index is 13.9. The van der Waals surface area contributed by atoms with E-state index in [4.69, 9.17) is 4.79 Å². The molecule has 4 aromatic rings. The molecule has 9 nitrogen and oxygen atoms in total. The highest BCUT2D eigenvalue weighted by molar-refractivity contribution is 9.10. The first-order valence-electron chi connectivity index (χ1n) is 10.8. The quantitative estimate of drug-likeness (QED) is 0.270. The smallest absolute Gasteiger partial charge is 0.319 e. The van der Waals surface area contributed by atoms with E-state index in [0.29, 0.717) is 46.7 Å².